The molecule has 5 rings (SSSR count). The van der Waals surface area contributed by atoms with E-state index in [9.17, 15) is 8.42 Å². The van der Waals surface area contributed by atoms with Crippen LogP contribution in [0.4, 0.5) is 11.8 Å². The Kier molecular flexibility index (Phi) is 4.83. The second-order valence-electron chi connectivity index (χ2n) is 8.12. The summed E-state index contributed by atoms with van der Waals surface area (Å²) in [7, 11) is -3.15. The molecule has 0 amide bonds. The Morgan fingerprint density at radius 2 is 1.72 bits per heavy atom. The van der Waals surface area contributed by atoms with Crippen LogP contribution in [0.25, 0.3) is 11.2 Å². The maximum Gasteiger partial charge on any atom is 0.211 e. The molecule has 158 valence electrons. The Morgan fingerprint density at radius 1 is 1.00 bits per heavy atom. The highest BCUT2D eigenvalue weighted by Crippen LogP contribution is 2.33. The van der Waals surface area contributed by atoms with Gasteiger partial charge in [-0.05, 0) is 18.8 Å². The molecule has 11 heteroatoms. The summed E-state index contributed by atoms with van der Waals surface area (Å²) in [5.74, 6) is 3.21. The number of nitrogens with one attached hydrogen (secondary N) is 1. The summed E-state index contributed by atoms with van der Waals surface area (Å²) in [6.45, 7) is 5.11. The number of aromatic amines is 1. The van der Waals surface area contributed by atoms with Crippen molar-refractivity contribution in [2.24, 2.45) is 5.92 Å². The van der Waals surface area contributed by atoms with Crippen molar-refractivity contribution in [2.45, 2.75) is 19.3 Å². The van der Waals surface area contributed by atoms with Gasteiger partial charge in [-0.2, -0.15) is 9.29 Å². The van der Waals surface area contributed by atoms with Gasteiger partial charge in [-0.15, -0.1) is 0 Å². The molecule has 1 aliphatic carbocycles. The molecule has 3 aliphatic rings. The molecule has 10 nitrogen and oxygen atoms in total. The molecule has 0 radical (unpaired) electrons. The number of H-pyrrole nitrogens is 1. The third-order valence-electron chi connectivity index (χ3n) is 5.85. The van der Waals surface area contributed by atoms with Crippen molar-refractivity contribution >= 4 is 33.0 Å². The van der Waals surface area contributed by atoms with E-state index in [1.807, 2.05) is 0 Å². The number of nitrogens with zero attached hydrogens (tertiary/aromatic N) is 6. The Labute approximate surface area is 170 Å². The van der Waals surface area contributed by atoms with E-state index in [2.05, 4.69) is 14.8 Å². The zero-order valence-corrected chi connectivity index (χ0v) is 17.5. The molecule has 1 saturated carbocycles. The highest BCUT2D eigenvalue weighted by atomic mass is 32.2. The van der Waals surface area contributed by atoms with Gasteiger partial charge in [0.15, 0.2) is 11.5 Å². The van der Waals surface area contributed by atoms with E-state index in [1.165, 1.54) is 23.4 Å². The first-order valence-electron chi connectivity index (χ1n) is 10.3. The van der Waals surface area contributed by atoms with Crippen LogP contribution in [-0.4, -0.2) is 91.4 Å². The summed E-state index contributed by atoms with van der Waals surface area (Å²) in [6.07, 6.45) is 4.67. The molecule has 4 heterocycles. The Morgan fingerprint density at radius 3 is 2.38 bits per heavy atom. The Bertz CT molecular complexity index is 990. The van der Waals surface area contributed by atoms with Gasteiger partial charge in [0.2, 0.25) is 16.0 Å². The molecule has 0 unspecified atom stereocenters. The zero-order valence-electron chi connectivity index (χ0n) is 16.7. The van der Waals surface area contributed by atoms with Crippen molar-refractivity contribution in [1.29, 1.82) is 0 Å². The number of aromatic nitrogens is 4. The fourth-order valence-corrected chi connectivity index (χ4v) is 4.80. The minimum atomic E-state index is -3.15. The zero-order chi connectivity index (χ0) is 20.0. The van der Waals surface area contributed by atoms with Crippen molar-refractivity contribution in [3.63, 3.8) is 0 Å². The third kappa shape index (κ3) is 4.03. The van der Waals surface area contributed by atoms with Gasteiger partial charge in [-0.3, -0.25) is 0 Å². The normalized spacial score (nSPS) is 21.8. The number of ether oxygens (including phenoxy) is 1. The molecule has 0 spiro atoms. The predicted octanol–water partition coefficient (Wildman–Crippen LogP) is 0.224. The van der Waals surface area contributed by atoms with Crippen LogP contribution in [0.1, 0.15) is 18.7 Å². The lowest BCUT2D eigenvalue weighted by atomic mass is 10.2. The largest absolute Gasteiger partial charge is 0.378 e. The molecular formula is C18H27N7O3S. The summed E-state index contributed by atoms with van der Waals surface area (Å²) >= 11 is 0. The van der Waals surface area contributed by atoms with E-state index in [1.54, 1.807) is 0 Å². The molecule has 0 bridgehead atoms. The van der Waals surface area contributed by atoms with Crippen molar-refractivity contribution in [3.05, 3.63) is 5.82 Å². The van der Waals surface area contributed by atoms with Gasteiger partial charge in [0.05, 0.1) is 19.5 Å². The van der Waals surface area contributed by atoms with Crippen molar-refractivity contribution in [1.82, 2.24) is 24.2 Å². The van der Waals surface area contributed by atoms with Crippen LogP contribution in [0.2, 0.25) is 0 Å². The molecule has 2 aliphatic heterocycles. The summed E-state index contributed by atoms with van der Waals surface area (Å²) in [4.78, 5) is 22.1. The molecule has 3 fully saturated rings. The quantitative estimate of drug-likeness (QED) is 0.731. The maximum atomic E-state index is 11.8. The predicted molar refractivity (Wildman–Crippen MR) is 110 cm³/mol. The van der Waals surface area contributed by atoms with E-state index in [-0.39, 0.29) is 0 Å². The van der Waals surface area contributed by atoms with Gasteiger partial charge < -0.3 is 19.5 Å². The number of imidazole rings is 1. The first kappa shape index (κ1) is 19.0. The maximum absolute atomic E-state index is 11.8. The van der Waals surface area contributed by atoms with Gasteiger partial charge in [-0.25, -0.2) is 18.4 Å². The SMILES string of the molecule is CS(=O)(=O)N1CCN(c2nc3nc(CC4CC4)nc(N4CCOCC4)c3[nH]2)CC1. The van der Waals surface area contributed by atoms with Crippen LogP contribution in [0, 0.1) is 5.92 Å². The van der Waals surface area contributed by atoms with Crippen LogP contribution in [0.3, 0.4) is 0 Å². The molecule has 1 N–H and O–H groups in total. The number of fused-ring (bicyclic) bond motifs is 1. The lowest BCUT2D eigenvalue weighted by molar-refractivity contribution is 0.122. The molecular weight excluding hydrogens is 394 g/mol. The molecule has 2 aromatic rings. The van der Waals surface area contributed by atoms with Crippen molar-refractivity contribution in [3.8, 4) is 0 Å². The summed E-state index contributed by atoms with van der Waals surface area (Å²) in [5, 5.41) is 0. The molecule has 2 aromatic heterocycles. The standard InChI is InChI=1S/C18H27N7O3S/c1-29(26,27)25-6-4-24(5-7-25)18-21-15-16(22-18)19-14(12-13-2-3-13)20-17(15)23-8-10-28-11-9-23/h13H,2-12H2,1H3,(H,19,20,21,22). The van der Waals surface area contributed by atoms with E-state index < -0.39 is 10.0 Å². The van der Waals surface area contributed by atoms with E-state index in [0.29, 0.717) is 51.0 Å². The molecule has 0 aromatic carbocycles. The lowest BCUT2D eigenvalue weighted by Crippen LogP contribution is -2.48. The second-order valence-corrected chi connectivity index (χ2v) is 10.1. The van der Waals surface area contributed by atoms with Crippen LogP contribution in [0.5, 0.6) is 0 Å². The Hall–Kier alpha value is -1.98. The average molecular weight is 422 g/mol. The summed E-state index contributed by atoms with van der Waals surface area (Å²) in [5.41, 5.74) is 1.55. The second kappa shape index (κ2) is 7.37. The first-order chi connectivity index (χ1) is 14.0. The third-order valence-corrected chi connectivity index (χ3v) is 7.15. The summed E-state index contributed by atoms with van der Waals surface area (Å²) in [6, 6.07) is 0. The van der Waals surface area contributed by atoms with Crippen LogP contribution >= 0.6 is 0 Å². The van der Waals surface area contributed by atoms with Gasteiger partial charge in [-0.1, -0.05) is 0 Å². The fraction of sp³-hybridized carbons (Fsp3) is 0.722. The number of sulfonamides is 1. The van der Waals surface area contributed by atoms with Crippen molar-refractivity contribution in [2.75, 3.05) is 68.5 Å². The van der Waals surface area contributed by atoms with Crippen LogP contribution in [0.15, 0.2) is 0 Å². The molecule has 29 heavy (non-hydrogen) atoms. The fourth-order valence-electron chi connectivity index (χ4n) is 3.97. The monoisotopic (exact) mass is 421 g/mol. The highest BCUT2D eigenvalue weighted by molar-refractivity contribution is 7.88. The minimum absolute atomic E-state index is 0.463. The number of rotatable bonds is 5. The van der Waals surface area contributed by atoms with Crippen LogP contribution < -0.4 is 9.80 Å². The summed E-state index contributed by atoms with van der Waals surface area (Å²) < 4.78 is 30.6. The van der Waals surface area contributed by atoms with Crippen molar-refractivity contribution < 1.29 is 13.2 Å². The number of anilines is 2. The average Bonchev–Trinajstić information content (AvgIpc) is 3.42. The number of hydrogen-bond donors (Lipinski definition) is 1. The number of hydrogen-bond acceptors (Lipinski definition) is 8. The van der Waals surface area contributed by atoms with E-state index in [0.717, 1.165) is 42.6 Å². The van der Waals surface area contributed by atoms with Gasteiger partial charge in [0.1, 0.15) is 11.3 Å². The first-order valence-corrected chi connectivity index (χ1v) is 12.1. The highest BCUT2D eigenvalue weighted by Gasteiger charge is 2.28. The van der Waals surface area contributed by atoms with Gasteiger partial charge >= 0.3 is 0 Å². The van der Waals surface area contributed by atoms with Gasteiger partial charge in [0, 0.05) is 45.7 Å². The minimum Gasteiger partial charge on any atom is -0.378 e. The molecule has 2 saturated heterocycles. The number of piperazine rings is 1. The Balaban J connectivity index is 1.45. The van der Waals surface area contributed by atoms with Gasteiger partial charge in [0.25, 0.3) is 0 Å². The van der Waals surface area contributed by atoms with Crippen LogP contribution in [-0.2, 0) is 21.2 Å². The topological polar surface area (TPSA) is 108 Å². The lowest BCUT2D eigenvalue weighted by Gasteiger charge is -2.32. The smallest absolute Gasteiger partial charge is 0.211 e. The van der Waals surface area contributed by atoms with E-state index >= 15 is 0 Å². The number of morpholine rings is 1. The molecule has 0 atom stereocenters. The van der Waals surface area contributed by atoms with E-state index in [4.69, 9.17) is 19.7 Å².